The first-order valence-corrected chi connectivity index (χ1v) is 8.83. The van der Waals surface area contributed by atoms with E-state index < -0.39 is 29.4 Å². The highest BCUT2D eigenvalue weighted by Crippen LogP contribution is 2.32. The zero-order chi connectivity index (χ0) is 16.9. The number of amides is 4. The highest BCUT2D eigenvalue weighted by molar-refractivity contribution is 8.00. The summed E-state index contributed by atoms with van der Waals surface area (Å²) in [6, 6.07) is -0.597. The number of ether oxygens (including phenoxy) is 1. The standard InChI is InChI=1S/C14H21N3O5S/c1-2-22-11(19)9-23-8-10(18)16-17-12(20)14(15-13(17)21)6-4-3-5-7-14/h2-9H2,1H3,(H,15,21)(H,16,18). The molecule has 0 atom stereocenters. The van der Waals surface area contributed by atoms with Crippen molar-refractivity contribution in [3.63, 3.8) is 0 Å². The van der Waals surface area contributed by atoms with Gasteiger partial charge in [0.1, 0.15) is 5.54 Å². The average Bonchev–Trinajstić information content (AvgIpc) is 2.73. The van der Waals surface area contributed by atoms with Crippen molar-refractivity contribution in [2.24, 2.45) is 0 Å². The van der Waals surface area contributed by atoms with Crippen LogP contribution >= 0.6 is 11.8 Å². The zero-order valence-corrected chi connectivity index (χ0v) is 13.9. The molecule has 0 aromatic carbocycles. The fourth-order valence-electron chi connectivity index (χ4n) is 2.80. The molecular formula is C14H21N3O5S. The summed E-state index contributed by atoms with van der Waals surface area (Å²) in [6.07, 6.45) is 4.00. The van der Waals surface area contributed by atoms with Crippen LogP contribution in [0.25, 0.3) is 0 Å². The summed E-state index contributed by atoms with van der Waals surface area (Å²) in [6.45, 7) is 1.99. The lowest BCUT2D eigenvalue weighted by Gasteiger charge is -2.30. The summed E-state index contributed by atoms with van der Waals surface area (Å²) in [5.74, 6) is -1.29. The first kappa shape index (κ1) is 17.6. The third kappa shape index (κ3) is 4.15. The number of carbonyl (C=O) groups excluding carboxylic acids is 4. The van der Waals surface area contributed by atoms with Crippen LogP contribution in [0.15, 0.2) is 0 Å². The van der Waals surface area contributed by atoms with E-state index in [1.807, 2.05) is 0 Å². The minimum atomic E-state index is -0.860. The molecule has 0 unspecified atom stereocenters. The minimum absolute atomic E-state index is 0.0388. The lowest BCUT2D eigenvalue weighted by atomic mass is 9.82. The molecule has 2 rings (SSSR count). The lowest BCUT2D eigenvalue weighted by Crippen LogP contribution is -2.51. The van der Waals surface area contributed by atoms with Crippen molar-refractivity contribution >= 4 is 35.6 Å². The van der Waals surface area contributed by atoms with E-state index in [4.69, 9.17) is 4.74 Å². The van der Waals surface area contributed by atoms with Crippen molar-refractivity contribution in [1.82, 2.24) is 15.8 Å². The Balaban J connectivity index is 1.82. The largest absolute Gasteiger partial charge is 0.465 e. The Morgan fingerprint density at radius 1 is 1.26 bits per heavy atom. The predicted octanol–water partition coefficient (Wildman–Crippen LogP) is 0.569. The van der Waals surface area contributed by atoms with E-state index in [1.165, 1.54) is 0 Å². The Hall–Kier alpha value is -1.77. The molecule has 8 nitrogen and oxygen atoms in total. The van der Waals surface area contributed by atoms with Gasteiger partial charge in [-0.05, 0) is 19.8 Å². The zero-order valence-electron chi connectivity index (χ0n) is 13.1. The number of hydrogen-bond acceptors (Lipinski definition) is 6. The maximum Gasteiger partial charge on any atom is 0.344 e. The highest BCUT2D eigenvalue weighted by atomic mass is 32.2. The van der Waals surface area contributed by atoms with Crippen LogP contribution in [0.5, 0.6) is 0 Å². The van der Waals surface area contributed by atoms with Crippen LogP contribution in [0.4, 0.5) is 4.79 Å². The molecule has 9 heteroatoms. The Bertz CT molecular complexity index is 505. The van der Waals surface area contributed by atoms with Gasteiger partial charge in [-0.2, -0.15) is 5.01 Å². The van der Waals surface area contributed by atoms with E-state index in [0.717, 1.165) is 36.0 Å². The second-order valence-electron chi connectivity index (χ2n) is 5.55. The molecule has 0 aromatic rings. The molecule has 128 valence electrons. The number of hydrogen-bond donors (Lipinski definition) is 2. The summed E-state index contributed by atoms with van der Waals surface area (Å²) in [4.78, 5) is 47.4. The quantitative estimate of drug-likeness (QED) is 0.540. The molecule has 2 aliphatic rings. The summed E-state index contributed by atoms with van der Waals surface area (Å²) in [7, 11) is 0. The number of carbonyl (C=O) groups is 4. The minimum Gasteiger partial charge on any atom is -0.465 e. The summed E-state index contributed by atoms with van der Waals surface area (Å²) in [5.41, 5.74) is 1.46. The topological polar surface area (TPSA) is 105 Å². The molecule has 0 radical (unpaired) electrons. The predicted molar refractivity (Wildman–Crippen MR) is 83.3 cm³/mol. The van der Waals surface area contributed by atoms with Crippen LogP contribution in [0.2, 0.25) is 0 Å². The number of urea groups is 1. The fraction of sp³-hybridized carbons (Fsp3) is 0.714. The molecule has 1 aliphatic carbocycles. The lowest BCUT2D eigenvalue weighted by molar-refractivity contribution is -0.140. The van der Waals surface area contributed by atoms with Crippen LogP contribution in [0.3, 0.4) is 0 Å². The monoisotopic (exact) mass is 343 g/mol. The second kappa shape index (κ2) is 7.67. The third-order valence-corrected chi connectivity index (χ3v) is 4.77. The van der Waals surface area contributed by atoms with Gasteiger partial charge in [0, 0.05) is 0 Å². The molecular weight excluding hydrogens is 322 g/mol. The number of esters is 1. The van der Waals surface area contributed by atoms with Crippen LogP contribution in [-0.2, 0) is 19.1 Å². The van der Waals surface area contributed by atoms with Gasteiger partial charge >= 0.3 is 12.0 Å². The molecule has 1 spiro atoms. The summed E-state index contributed by atoms with van der Waals surface area (Å²) < 4.78 is 4.75. The molecule has 4 amide bonds. The van der Waals surface area contributed by atoms with Crippen LogP contribution in [0, 0.1) is 0 Å². The second-order valence-corrected chi connectivity index (χ2v) is 6.53. The molecule has 1 saturated carbocycles. The molecule has 1 aliphatic heterocycles. The van der Waals surface area contributed by atoms with Gasteiger partial charge in [-0.1, -0.05) is 19.3 Å². The highest BCUT2D eigenvalue weighted by Gasteiger charge is 2.52. The van der Waals surface area contributed by atoms with Crippen LogP contribution in [-0.4, -0.2) is 52.5 Å². The molecule has 1 saturated heterocycles. The van der Waals surface area contributed by atoms with Gasteiger partial charge in [-0.25, -0.2) is 4.79 Å². The fourth-order valence-corrected chi connectivity index (χ4v) is 3.40. The van der Waals surface area contributed by atoms with E-state index in [0.29, 0.717) is 12.8 Å². The van der Waals surface area contributed by atoms with Crippen LogP contribution in [0.1, 0.15) is 39.0 Å². The first-order valence-electron chi connectivity index (χ1n) is 7.68. The number of thioether (sulfide) groups is 1. The molecule has 0 bridgehead atoms. The van der Waals surface area contributed by atoms with E-state index in [1.54, 1.807) is 6.92 Å². The van der Waals surface area contributed by atoms with Crippen molar-refractivity contribution in [2.45, 2.75) is 44.6 Å². The molecule has 1 heterocycles. The Morgan fingerprint density at radius 3 is 2.61 bits per heavy atom. The molecule has 2 N–H and O–H groups in total. The summed E-state index contributed by atoms with van der Waals surface area (Å²) >= 11 is 1.07. The number of rotatable bonds is 6. The van der Waals surface area contributed by atoms with E-state index in [-0.39, 0.29) is 18.1 Å². The van der Waals surface area contributed by atoms with Gasteiger partial charge in [0.05, 0.1) is 18.1 Å². The smallest absolute Gasteiger partial charge is 0.344 e. The van der Waals surface area contributed by atoms with Gasteiger partial charge in [0.15, 0.2) is 0 Å². The Labute approximate surface area is 138 Å². The van der Waals surface area contributed by atoms with E-state index in [9.17, 15) is 19.2 Å². The normalized spacial score (nSPS) is 19.6. The molecule has 23 heavy (non-hydrogen) atoms. The van der Waals surface area contributed by atoms with Crippen LogP contribution < -0.4 is 10.7 Å². The van der Waals surface area contributed by atoms with Crippen molar-refractivity contribution in [2.75, 3.05) is 18.1 Å². The first-order chi connectivity index (χ1) is 11.0. The van der Waals surface area contributed by atoms with E-state index >= 15 is 0 Å². The van der Waals surface area contributed by atoms with Gasteiger partial charge < -0.3 is 10.1 Å². The van der Waals surface area contributed by atoms with Crippen molar-refractivity contribution < 1.29 is 23.9 Å². The van der Waals surface area contributed by atoms with E-state index in [2.05, 4.69) is 10.7 Å². The maximum atomic E-state index is 12.4. The average molecular weight is 343 g/mol. The maximum absolute atomic E-state index is 12.4. The Morgan fingerprint density at radius 2 is 1.96 bits per heavy atom. The van der Waals surface area contributed by atoms with Crippen molar-refractivity contribution in [3.05, 3.63) is 0 Å². The number of nitrogens with one attached hydrogen (secondary N) is 2. The van der Waals surface area contributed by atoms with Crippen molar-refractivity contribution in [1.29, 1.82) is 0 Å². The number of hydrazine groups is 1. The van der Waals surface area contributed by atoms with Gasteiger partial charge in [0.2, 0.25) is 5.91 Å². The number of nitrogens with zero attached hydrogens (tertiary/aromatic N) is 1. The van der Waals surface area contributed by atoms with Gasteiger partial charge in [-0.15, -0.1) is 11.8 Å². The SMILES string of the molecule is CCOC(=O)CSCC(=O)NN1C(=O)NC2(CCCCC2)C1=O. The van der Waals surface area contributed by atoms with Gasteiger partial charge in [-0.3, -0.25) is 19.8 Å². The molecule has 2 fully saturated rings. The van der Waals surface area contributed by atoms with Crippen molar-refractivity contribution in [3.8, 4) is 0 Å². The number of imide groups is 1. The van der Waals surface area contributed by atoms with Gasteiger partial charge in [0.25, 0.3) is 5.91 Å². The molecule has 0 aromatic heterocycles. The Kier molecular flexibility index (Phi) is 5.86. The summed E-state index contributed by atoms with van der Waals surface area (Å²) in [5, 5.41) is 3.47. The third-order valence-electron chi connectivity index (χ3n) is 3.86.